The van der Waals surface area contributed by atoms with Gasteiger partial charge < -0.3 is 9.47 Å². The largest absolute Gasteiger partial charge is 0.460 e. The summed E-state index contributed by atoms with van der Waals surface area (Å²) in [6.45, 7) is 10.7. The fourth-order valence-corrected chi connectivity index (χ4v) is 1.65. The maximum Gasteiger partial charge on any atom is 0.306 e. The van der Waals surface area contributed by atoms with Crippen molar-refractivity contribution in [2.75, 3.05) is 0 Å². The fraction of sp³-hybridized carbons (Fsp3) is 0.857. The number of carbonyl (C=O) groups excluding carboxylic acids is 2. The summed E-state index contributed by atoms with van der Waals surface area (Å²) in [7, 11) is 0. The Morgan fingerprint density at radius 1 is 0.944 bits per heavy atom. The molecule has 0 saturated heterocycles. The highest BCUT2D eigenvalue weighted by molar-refractivity contribution is 5.69. The van der Waals surface area contributed by atoms with Gasteiger partial charge in [-0.15, -0.1) is 0 Å². The lowest BCUT2D eigenvalue weighted by Gasteiger charge is -2.24. The lowest BCUT2D eigenvalue weighted by atomic mass is 10.0. The third kappa shape index (κ3) is 10.1. The summed E-state index contributed by atoms with van der Waals surface area (Å²) in [5, 5.41) is 0. The van der Waals surface area contributed by atoms with Crippen molar-refractivity contribution in [2.24, 2.45) is 0 Å². The topological polar surface area (TPSA) is 52.6 Å². The first-order valence-corrected chi connectivity index (χ1v) is 6.43. The van der Waals surface area contributed by atoms with Crippen molar-refractivity contribution in [3.8, 4) is 0 Å². The van der Waals surface area contributed by atoms with Crippen LogP contribution in [0.15, 0.2) is 0 Å². The summed E-state index contributed by atoms with van der Waals surface area (Å²) in [4.78, 5) is 22.3. The molecule has 0 amide bonds. The first-order chi connectivity index (χ1) is 8.02. The molecule has 0 aromatic rings. The third-order valence-corrected chi connectivity index (χ3v) is 2.25. The van der Waals surface area contributed by atoms with Gasteiger partial charge in [-0.25, -0.2) is 0 Å². The quantitative estimate of drug-likeness (QED) is 0.542. The predicted molar refractivity (Wildman–Crippen MR) is 70.2 cm³/mol. The zero-order valence-electron chi connectivity index (χ0n) is 12.5. The molecular weight excluding hydrogens is 232 g/mol. The van der Waals surface area contributed by atoms with E-state index in [0.717, 1.165) is 19.3 Å². The first kappa shape index (κ1) is 16.9. The minimum atomic E-state index is -0.459. The van der Waals surface area contributed by atoms with E-state index in [1.165, 1.54) is 6.92 Å². The number of rotatable bonds is 6. The molecule has 4 nitrogen and oxygen atoms in total. The van der Waals surface area contributed by atoms with Crippen LogP contribution in [-0.2, 0) is 19.1 Å². The predicted octanol–water partition coefficient (Wildman–Crippen LogP) is 3.23. The van der Waals surface area contributed by atoms with Gasteiger partial charge in [0.15, 0.2) is 0 Å². The summed E-state index contributed by atoms with van der Waals surface area (Å²) >= 11 is 0. The Bertz CT molecular complexity index is 287. The number of hydrogen-bond acceptors (Lipinski definition) is 4. The number of ether oxygens (including phenoxy) is 2. The highest BCUT2D eigenvalue weighted by Gasteiger charge is 2.21. The van der Waals surface area contributed by atoms with Gasteiger partial charge in [0.25, 0.3) is 0 Å². The van der Waals surface area contributed by atoms with Crippen LogP contribution in [0.1, 0.15) is 67.2 Å². The van der Waals surface area contributed by atoms with Gasteiger partial charge in [-0.2, -0.15) is 0 Å². The number of hydrogen-bond donors (Lipinski definition) is 0. The van der Waals surface area contributed by atoms with E-state index in [4.69, 9.17) is 9.47 Å². The van der Waals surface area contributed by atoms with Gasteiger partial charge in [0.2, 0.25) is 0 Å². The second-order valence-corrected chi connectivity index (χ2v) is 6.15. The number of esters is 2. The van der Waals surface area contributed by atoms with Crippen molar-refractivity contribution in [3.63, 3.8) is 0 Å². The zero-order chi connectivity index (χ0) is 14.4. The average molecular weight is 258 g/mol. The maximum absolute atomic E-state index is 11.5. The van der Waals surface area contributed by atoms with Gasteiger partial charge in [-0.3, -0.25) is 9.59 Å². The van der Waals surface area contributed by atoms with Crippen molar-refractivity contribution in [2.45, 2.75) is 78.4 Å². The SMILES string of the molecule is CC(=O)OC(C)(C)CCCCC(=O)OC(C)(C)C. The first-order valence-electron chi connectivity index (χ1n) is 6.43. The van der Waals surface area contributed by atoms with Gasteiger partial charge in [-0.05, 0) is 53.9 Å². The minimum absolute atomic E-state index is 0.173. The minimum Gasteiger partial charge on any atom is -0.460 e. The van der Waals surface area contributed by atoms with E-state index >= 15 is 0 Å². The van der Waals surface area contributed by atoms with Gasteiger partial charge in [0.05, 0.1) is 0 Å². The van der Waals surface area contributed by atoms with Crippen molar-refractivity contribution in [3.05, 3.63) is 0 Å². The maximum atomic E-state index is 11.5. The van der Waals surface area contributed by atoms with Gasteiger partial charge >= 0.3 is 11.9 Å². The van der Waals surface area contributed by atoms with Crippen molar-refractivity contribution < 1.29 is 19.1 Å². The number of unbranched alkanes of at least 4 members (excludes halogenated alkanes) is 1. The highest BCUT2D eigenvalue weighted by Crippen LogP contribution is 2.19. The van der Waals surface area contributed by atoms with E-state index in [1.54, 1.807) is 0 Å². The van der Waals surface area contributed by atoms with Crippen LogP contribution in [0.2, 0.25) is 0 Å². The molecular formula is C14H26O4. The molecule has 106 valence electrons. The standard InChI is InChI=1S/C14H26O4/c1-11(15)17-14(5,6)10-8-7-9-12(16)18-13(2,3)4/h7-10H2,1-6H3. The van der Waals surface area contributed by atoms with Crippen LogP contribution in [-0.4, -0.2) is 23.1 Å². The Kier molecular flexibility index (Phi) is 6.36. The van der Waals surface area contributed by atoms with Gasteiger partial charge in [0, 0.05) is 13.3 Å². The van der Waals surface area contributed by atoms with E-state index in [0.29, 0.717) is 6.42 Å². The van der Waals surface area contributed by atoms with Gasteiger partial charge in [-0.1, -0.05) is 0 Å². The molecule has 0 aliphatic carbocycles. The van der Waals surface area contributed by atoms with Crippen molar-refractivity contribution in [1.82, 2.24) is 0 Å². The molecule has 0 aromatic heterocycles. The monoisotopic (exact) mass is 258 g/mol. The normalized spacial score (nSPS) is 12.1. The molecule has 0 unspecified atom stereocenters. The van der Waals surface area contributed by atoms with Crippen molar-refractivity contribution in [1.29, 1.82) is 0 Å². The van der Waals surface area contributed by atoms with Crippen LogP contribution in [0.4, 0.5) is 0 Å². The molecule has 4 heteroatoms. The molecule has 0 bridgehead atoms. The lowest BCUT2D eigenvalue weighted by Crippen LogP contribution is -2.27. The zero-order valence-corrected chi connectivity index (χ0v) is 12.5. The Morgan fingerprint density at radius 2 is 1.50 bits per heavy atom. The van der Waals surface area contributed by atoms with Crippen LogP contribution in [0, 0.1) is 0 Å². The molecule has 0 aromatic carbocycles. The molecule has 0 spiro atoms. The summed E-state index contributed by atoms with van der Waals surface area (Å²) in [5.41, 5.74) is -0.881. The second-order valence-electron chi connectivity index (χ2n) is 6.15. The van der Waals surface area contributed by atoms with E-state index in [9.17, 15) is 9.59 Å². The highest BCUT2D eigenvalue weighted by atomic mass is 16.6. The molecule has 0 fully saturated rings. The van der Waals surface area contributed by atoms with Gasteiger partial charge in [0.1, 0.15) is 11.2 Å². The molecule has 0 aliphatic rings. The van der Waals surface area contributed by atoms with E-state index in [2.05, 4.69) is 0 Å². The Labute approximate surface area is 110 Å². The van der Waals surface area contributed by atoms with E-state index < -0.39 is 11.2 Å². The Hall–Kier alpha value is -1.06. The summed E-state index contributed by atoms with van der Waals surface area (Å²) in [6.07, 6.45) is 2.74. The van der Waals surface area contributed by atoms with Crippen LogP contribution >= 0.6 is 0 Å². The summed E-state index contributed by atoms with van der Waals surface area (Å²) < 4.78 is 10.4. The van der Waals surface area contributed by atoms with E-state index in [1.807, 2.05) is 34.6 Å². The summed E-state index contributed by atoms with van der Waals surface area (Å²) in [6, 6.07) is 0. The molecule has 0 atom stereocenters. The smallest absolute Gasteiger partial charge is 0.306 e. The molecule has 18 heavy (non-hydrogen) atoms. The molecule has 0 heterocycles. The Morgan fingerprint density at radius 3 is 1.94 bits per heavy atom. The molecule has 0 radical (unpaired) electrons. The van der Waals surface area contributed by atoms with Crippen LogP contribution < -0.4 is 0 Å². The third-order valence-electron chi connectivity index (χ3n) is 2.25. The fourth-order valence-electron chi connectivity index (χ4n) is 1.65. The summed E-state index contributed by atoms with van der Waals surface area (Å²) in [5.74, 6) is -0.445. The van der Waals surface area contributed by atoms with E-state index in [-0.39, 0.29) is 11.9 Å². The van der Waals surface area contributed by atoms with Crippen LogP contribution in [0.25, 0.3) is 0 Å². The molecule has 0 aliphatic heterocycles. The second kappa shape index (κ2) is 6.76. The molecule has 0 N–H and O–H groups in total. The Balaban J connectivity index is 3.80. The average Bonchev–Trinajstić information content (AvgIpc) is 2.07. The lowest BCUT2D eigenvalue weighted by molar-refractivity contribution is -0.157. The van der Waals surface area contributed by atoms with Crippen LogP contribution in [0.5, 0.6) is 0 Å². The number of carbonyl (C=O) groups is 2. The van der Waals surface area contributed by atoms with Crippen LogP contribution in [0.3, 0.4) is 0 Å². The molecule has 0 saturated carbocycles. The van der Waals surface area contributed by atoms with Crippen molar-refractivity contribution >= 4 is 11.9 Å². The molecule has 0 rings (SSSR count).